The molecule has 9 nitrogen and oxygen atoms in total. The SMILES string of the molecule is O=C(O)CCC(=O)O.O=C(OCCc1ccccc1Cl)N1CCOc2cc3c(cc21)CCNCC3. The number of carboxylic acids is 2. The molecular formula is C25H29ClN2O7. The van der Waals surface area contributed by atoms with E-state index in [4.69, 9.17) is 31.3 Å². The molecule has 2 aromatic carbocycles. The average Bonchev–Trinajstić information content (AvgIpc) is 3.07. The molecule has 0 bridgehead atoms. The minimum atomic E-state index is -1.08. The fraction of sp³-hybridized carbons (Fsp3) is 0.400. The molecule has 0 atom stereocenters. The lowest BCUT2D eigenvalue weighted by Gasteiger charge is -2.30. The van der Waals surface area contributed by atoms with Crippen molar-refractivity contribution in [2.45, 2.75) is 32.1 Å². The minimum absolute atomic E-state index is 0.296. The lowest BCUT2D eigenvalue weighted by molar-refractivity contribution is -0.143. The summed E-state index contributed by atoms with van der Waals surface area (Å²) in [6.45, 7) is 3.19. The molecule has 0 unspecified atom stereocenters. The smallest absolute Gasteiger partial charge is 0.414 e. The Morgan fingerprint density at radius 1 is 1.03 bits per heavy atom. The van der Waals surface area contributed by atoms with Crippen molar-refractivity contribution in [3.63, 3.8) is 0 Å². The molecule has 188 valence electrons. The van der Waals surface area contributed by atoms with Crippen LogP contribution in [-0.4, -0.2) is 61.1 Å². The van der Waals surface area contributed by atoms with Crippen molar-refractivity contribution in [2.75, 3.05) is 37.7 Å². The van der Waals surface area contributed by atoms with Crippen molar-refractivity contribution < 1.29 is 34.1 Å². The van der Waals surface area contributed by atoms with Gasteiger partial charge in [0.1, 0.15) is 12.4 Å². The maximum atomic E-state index is 12.7. The summed E-state index contributed by atoms with van der Waals surface area (Å²) in [5, 5.41) is 19.9. The summed E-state index contributed by atoms with van der Waals surface area (Å²) in [6, 6.07) is 11.8. The second-order valence-corrected chi connectivity index (χ2v) is 8.49. The molecule has 2 aromatic rings. The van der Waals surface area contributed by atoms with E-state index in [2.05, 4.69) is 17.4 Å². The first-order valence-electron chi connectivity index (χ1n) is 11.5. The number of carboxylic acid groups (broad SMARTS) is 2. The molecule has 10 heteroatoms. The number of fused-ring (bicyclic) bond motifs is 2. The third kappa shape index (κ3) is 7.87. The highest BCUT2D eigenvalue weighted by atomic mass is 35.5. The second kappa shape index (κ2) is 13.0. The van der Waals surface area contributed by atoms with Crippen molar-refractivity contribution in [3.8, 4) is 5.75 Å². The molecule has 0 aliphatic carbocycles. The molecular weight excluding hydrogens is 476 g/mol. The Hall–Kier alpha value is -3.30. The normalized spacial score (nSPS) is 14.3. The van der Waals surface area contributed by atoms with E-state index in [-0.39, 0.29) is 18.9 Å². The topological polar surface area (TPSA) is 125 Å². The van der Waals surface area contributed by atoms with Crippen LogP contribution in [0.15, 0.2) is 36.4 Å². The lowest BCUT2D eigenvalue weighted by atomic mass is 10.0. The zero-order valence-corrected chi connectivity index (χ0v) is 20.1. The first-order chi connectivity index (χ1) is 16.8. The van der Waals surface area contributed by atoms with Crippen molar-refractivity contribution in [2.24, 2.45) is 0 Å². The number of nitrogens with one attached hydrogen (secondary N) is 1. The monoisotopic (exact) mass is 504 g/mol. The number of aliphatic carboxylic acids is 2. The number of rotatable bonds is 6. The van der Waals surface area contributed by atoms with Crippen molar-refractivity contribution in [1.29, 1.82) is 0 Å². The van der Waals surface area contributed by atoms with Gasteiger partial charge in [-0.15, -0.1) is 0 Å². The van der Waals surface area contributed by atoms with Crippen molar-refractivity contribution >= 4 is 35.3 Å². The van der Waals surface area contributed by atoms with Crippen LogP contribution in [0, 0.1) is 0 Å². The number of ether oxygens (including phenoxy) is 2. The molecule has 0 radical (unpaired) electrons. The second-order valence-electron chi connectivity index (χ2n) is 8.08. The van der Waals surface area contributed by atoms with Gasteiger partial charge in [-0.1, -0.05) is 29.8 Å². The van der Waals surface area contributed by atoms with Crippen molar-refractivity contribution in [1.82, 2.24) is 5.32 Å². The molecule has 0 saturated heterocycles. The van der Waals surface area contributed by atoms with E-state index < -0.39 is 11.9 Å². The van der Waals surface area contributed by atoms with Gasteiger partial charge in [0, 0.05) is 11.4 Å². The largest absolute Gasteiger partial charge is 0.490 e. The van der Waals surface area contributed by atoms with Crippen LogP contribution in [0.5, 0.6) is 5.75 Å². The number of carbonyl (C=O) groups is 3. The fourth-order valence-electron chi connectivity index (χ4n) is 3.82. The molecule has 4 rings (SSSR count). The highest BCUT2D eigenvalue weighted by Crippen LogP contribution is 2.35. The van der Waals surface area contributed by atoms with Crippen LogP contribution in [0.3, 0.4) is 0 Å². The molecule has 2 aliphatic rings. The van der Waals surface area contributed by atoms with E-state index in [1.807, 2.05) is 24.3 Å². The van der Waals surface area contributed by atoms with E-state index in [0.717, 1.165) is 42.9 Å². The molecule has 2 heterocycles. The Balaban J connectivity index is 0.000000371. The predicted molar refractivity (Wildman–Crippen MR) is 131 cm³/mol. The summed E-state index contributed by atoms with van der Waals surface area (Å²) in [6.07, 6.45) is 1.60. The Morgan fingerprint density at radius 2 is 1.69 bits per heavy atom. The van der Waals surface area contributed by atoms with E-state index in [1.54, 1.807) is 4.90 Å². The highest BCUT2D eigenvalue weighted by molar-refractivity contribution is 6.31. The summed E-state index contributed by atoms with van der Waals surface area (Å²) in [5.41, 5.74) is 4.36. The highest BCUT2D eigenvalue weighted by Gasteiger charge is 2.27. The maximum absolute atomic E-state index is 12.7. The van der Waals surface area contributed by atoms with Crippen LogP contribution < -0.4 is 15.0 Å². The predicted octanol–water partition coefficient (Wildman–Crippen LogP) is 3.54. The Labute approximate surface area is 208 Å². The van der Waals surface area contributed by atoms with Crippen LogP contribution in [-0.2, 0) is 33.6 Å². The van der Waals surface area contributed by atoms with E-state index >= 15 is 0 Å². The molecule has 35 heavy (non-hydrogen) atoms. The van der Waals surface area contributed by atoms with Gasteiger partial charge in [0.05, 0.1) is 31.7 Å². The number of anilines is 1. The van der Waals surface area contributed by atoms with Crippen molar-refractivity contribution in [3.05, 3.63) is 58.1 Å². The number of amides is 1. The van der Waals surface area contributed by atoms with Gasteiger partial charge in [0.2, 0.25) is 0 Å². The van der Waals surface area contributed by atoms with E-state index in [1.165, 1.54) is 11.1 Å². The standard InChI is InChI=1S/C21H23ClN2O3.C4H6O4/c22-18-4-2-1-3-15(18)7-11-27-21(25)24-10-12-26-20-14-17-6-9-23-8-5-16(17)13-19(20)24;5-3(6)1-2-4(7)8/h1-4,13-14,23H,5-12H2;1-2H2,(H,5,6)(H,7,8). The Bertz CT molecular complexity index is 1050. The zero-order chi connectivity index (χ0) is 25.2. The van der Waals surface area contributed by atoms with E-state index in [0.29, 0.717) is 31.2 Å². The summed E-state index contributed by atoms with van der Waals surface area (Å²) in [5.74, 6) is -1.38. The fourth-order valence-corrected chi connectivity index (χ4v) is 4.05. The van der Waals surface area contributed by atoms with Gasteiger partial charge in [-0.25, -0.2) is 4.79 Å². The summed E-state index contributed by atoms with van der Waals surface area (Å²) < 4.78 is 11.3. The van der Waals surface area contributed by atoms with Gasteiger partial charge in [0.15, 0.2) is 0 Å². The Morgan fingerprint density at radius 3 is 2.34 bits per heavy atom. The van der Waals surface area contributed by atoms with Gasteiger partial charge in [-0.3, -0.25) is 14.5 Å². The number of nitrogens with zero attached hydrogens (tertiary/aromatic N) is 1. The first kappa shape index (κ1) is 26.3. The van der Waals surface area contributed by atoms with Gasteiger partial charge in [0.25, 0.3) is 0 Å². The molecule has 0 fully saturated rings. The van der Waals surface area contributed by atoms with Gasteiger partial charge in [-0.2, -0.15) is 0 Å². The van der Waals surface area contributed by atoms with Crippen LogP contribution in [0.1, 0.15) is 29.5 Å². The molecule has 0 aromatic heterocycles. The molecule has 3 N–H and O–H groups in total. The number of halogens is 1. The molecule has 1 amide bonds. The summed E-state index contributed by atoms with van der Waals surface area (Å²) in [4.78, 5) is 33.6. The number of carbonyl (C=O) groups excluding carboxylic acids is 1. The average molecular weight is 505 g/mol. The van der Waals surface area contributed by atoms with Crippen LogP contribution in [0.2, 0.25) is 5.02 Å². The summed E-state index contributed by atoms with van der Waals surface area (Å²) in [7, 11) is 0. The lowest BCUT2D eigenvalue weighted by Crippen LogP contribution is -2.38. The van der Waals surface area contributed by atoms with Gasteiger partial charge in [-0.05, 0) is 60.8 Å². The van der Waals surface area contributed by atoms with Crippen LogP contribution in [0.25, 0.3) is 0 Å². The maximum Gasteiger partial charge on any atom is 0.414 e. The third-order valence-electron chi connectivity index (χ3n) is 5.61. The third-order valence-corrected chi connectivity index (χ3v) is 5.98. The zero-order valence-electron chi connectivity index (χ0n) is 19.3. The first-order valence-corrected chi connectivity index (χ1v) is 11.8. The number of hydrogen-bond donors (Lipinski definition) is 3. The number of hydrogen-bond acceptors (Lipinski definition) is 6. The summed E-state index contributed by atoms with van der Waals surface area (Å²) >= 11 is 6.16. The van der Waals surface area contributed by atoms with Crippen LogP contribution in [0.4, 0.5) is 10.5 Å². The molecule has 0 saturated carbocycles. The number of benzene rings is 2. The quantitative estimate of drug-likeness (QED) is 0.545. The Kier molecular flexibility index (Phi) is 9.75. The van der Waals surface area contributed by atoms with Gasteiger partial charge < -0.3 is 25.0 Å². The van der Waals surface area contributed by atoms with Gasteiger partial charge >= 0.3 is 18.0 Å². The molecule has 2 aliphatic heterocycles. The van der Waals surface area contributed by atoms with E-state index in [9.17, 15) is 14.4 Å². The molecule has 0 spiro atoms. The minimum Gasteiger partial charge on any atom is -0.490 e. The van der Waals surface area contributed by atoms with Crippen LogP contribution >= 0.6 is 11.6 Å².